The van der Waals surface area contributed by atoms with E-state index in [0.717, 1.165) is 22.1 Å². The summed E-state index contributed by atoms with van der Waals surface area (Å²) in [5.74, 6) is 0.796. The lowest BCUT2D eigenvalue weighted by Crippen LogP contribution is -2.09. The van der Waals surface area contributed by atoms with Crippen LogP contribution in [-0.4, -0.2) is 6.61 Å². The topological polar surface area (TPSA) is 35.2 Å². The molecule has 0 aromatic heterocycles. The fourth-order valence-electron chi connectivity index (χ4n) is 1.93. The van der Waals surface area contributed by atoms with Gasteiger partial charge in [0, 0.05) is 22.0 Å². The maximum absolute atomic E-state index is 5.98. The number of halogens is 1. The molecule has 3 heteroatoms. The molecule has 2 N–H and O–H groups in total. The third-order valence-electron chi connectivity index (χ3n) is 2.77. The summed E-state index contributed by atoms with van der Waals surface area (Å²) in [6, 6.07) is 12.0. The number of rotatable bonds is 4. The van der Waals surface area contributed by atoms with Gasteiger partial charge in [-0.1, -0.05) is 54.6 Å². The molecule has 0 aliphatic heterocycles. The second-order valence-electron chi connectivity index (χ2n) is 4.30. The summed E-state index contributed by atoms with van der Waals surface area (Å²) in [4.78, 5) is 0. The smallest absolute Gasteiger partial charge is 0.132 e. The number of benzene rings is 2. The van der Waals surface area contributed by atoms with Gasteiger partial charge in [0.25, 0.3) is 0 Å². The Morgan fingerprint density at radius 1 is 1.33 bits per heavy atom. The van der Waals surface area contributed by atoms with Crippen LogP contribution < -0.4 is 10.5 Å². The van der Waals surface area contributed by atoms with Gasteiger partial charge in [-0.05, 0) is 12.3 Å². The van der Waals surface area contributed by atoms with E-state index in [2.05, 4.69) is 12.6 Å². The summed E-state index contributed by atoms with van der Waals surface area (Å²) in [7, 11) is 0. The van der Waals surface area contributed by atoms with Gasteiger partial charge in [0.05, 0.1) is 0 Å². The largest absolute Gasteiger partial charge is 0.487 e. The average molecular weight is 262 g/mol. The maximum atomic E-state index is 5.98. The highest BCUT2D eigenvalue weighted by atomic mass is 35.5. The Morgan fingerprint density at radius 2 is 2.06 bits per heavy atom. The molecular weight excluding hydrogens is 246 g/mol. The molecule has 0 fully saturated rings. The zero-order valence-electron chi connectivity index (χ0n) is 10.3. The van der Waals surface area contributed by atoms with E-state index in [-0.39, 0.29) is 12.6 Å². The van der Waals surface area contributed by atoms with E-state index in [1.165, 1.54) is 0 Å². The summed E-state index contributed by atoms with van der Waals surface area (Å²) in [5, 5.41) is 2.64. The number of ether oxygens (including phenoxy) is 1. The third kappa shape index (κ3) is 2.66. The van der Waals surface area contributed by atoms with Crippen LogP contribution in [-0.2, 0) is 0 Å². The molecule has 18 heavy (non-hydrogen) atoms. The van der Waals surface area contributed by atoms with Gasteiger partial charge in [-0.25, -0.2) is 0 Å². The van der Waals surface area contributed by atoms with Gasteiger partial charge in [0.1, 0.15) is 12.4 Å². The normalized spacial score (nSPS) is 12.4. The van der Waals surface area contributed by atoms with Gasteiger partial charge in [-0.15, -0.1) is 0 Å². The molecule has 2 aromatic carbocycles. The molecular formula is C15H16ClNO. The highest BCUT2D eigenvalue weighted by molar-refractivity contribution is 6.29. The SMILES string of the molecule is C=C(Cl)COc1c([C@@H](C)N)ccc2ccccc12. The number of nitrogens with two attached hydrogens (primary N) is 1. The second kappa shape index (κ2) is 5.42. The number of hydrogen-bond donors (Lipinski definition) is 1. The Hall–Kier alpha value is -1.51. The van der Waals surface area contributed by atoms with Crippen LogP contribution >= 0.6 is 11.6 Å². The van der Waals surface area contributed by atoms with E-state index in [1.807, 2.05) is 37.3 Å². The first-order valence-electron chi connectivity index (χ1n) is 5.83. The van der Waals surface area contributed by atoms with Crippen molar-refractivity contribution < 1.29 is 4.74 Å². The van der Waals surface area contributed by atoms with Crippen molar-refractivity contribution in [2.75, 3.05) is 6.61 Å². The highest BCUT2D eigenvalue weighted by Crippen LogP contribution is 2.33. The average Bonchev–Trinajstić information content (AvgIpc) is 2.35. The Morgan fingerprint density at radius 3 is 2.72 bits per heavy atom. The van der Waals surface area contributed by atoms with E-state index in [0.29, 0.717) is 5.03 Å². The van der Waals surface area contributed by atoms with E-state index in [9.17, 15) is 0 Å². The maximum Gasteiger partial charge on any atom is 0.132 e. The third-order valence-corrected chi connectivity index (χ3v) is 2.88. The van der Waals surface area contributed by atoms with Crippen molar-refractivity contribution in [3.8, 4) is 5.75 Å². The highest BCUT2D eigenvalue weighted by Gasteiger charge is 2.12. The first kappa shape index (κ1) is 12.9. The van der Waals surface area contributed by atoms with Crippen molar-refractivity contribution in [1.29, 1.82) is 0 Å². The van der Waals surface area contributed by atoms with Crippen molar-refractivity contribution in [2.24, 2.45) is 5.73 Å². The molecule has 0 radical (unpaired) electrons. The Kier molecular flexibility index (Phi) is 3.90. The molecule has 0 unspecified atom stereocenters. The second-order valence-corrected chi connectivity index (χ2v) is 4.83. The monoisotopic (exact) mass is 261 g/mol. The molecule has 2 aromatic rings. The Balaban J connectivity index is 2.55. The van der Waals surface area contributed by atoms with E-state index < -0.39 is 0 Å². The minimum absolute atomic E-state index is 0.0896. The first-order valence-corrected chi connectivity index (χ1v) is 6.20. The fraction of sp³-hybridized carbons (Fsp3) is 0.200. The van der Waals surface area contributed by atoms with Gasteiger partial charge in [-0.3, -0.25) is 0 Å². The Bertz CT molecular complexity index is 578. The van der Waals surface area contributed by atoms with E-state index in [1.54, 1.807) is 0 Å². The summed E-state index contributed by atoms with van der Waals surface area (Å²) in [6.07, 6.45) is 0. The van der Waals surface area contributed by atoms with Crippen LogP contribution in [0.4, 0.5) is 0 Å². The Labute approximate surface area is 112 Å². The molecule has 0 saturated heterocycles. The zero-order valence-corrected chi connectivity index (χ0v) is 11.1. The minimum atomic E-state index is -0.0896. The number of hydrogen-bond acceptors (Lipinski definition) is 2. The molecule has 0 amide bonds. The summed E-state index contributed by atoms with van der Waals surface area (Å²) in [5.41, 5.74) is 6.95. The standard InChI is InChI=1S/C15H16ClNO/c1-10(16)9-18-15-13(11(2)17)8-7-12-5-3-4-6-14(12)15/h3-8,11H,1,9,17H2,2H3/t11-/m1/s1. The van der Waals surface area contributed by atoms with Gasteiger partial charge in [0.15, 0.2) is 0 Å². The zero-order chi connectivity index (χ0) is 13.1. The molecule has 0 spiro atoms. The molecule has 0 aliphatic rings. The summed E-state index contributed by atoms with van der Waals surface area (Å²) < 4.78 is 5.76. The van der Waals surface area contributed by atoms with Crippen LogP contribution in [0.1, 0.15) is 18.5 Å². The van der Waals surface area contributed by atoms with Crippen LogP contribution in [0.2, 0.25) is 0 Å². The molecule has 0 bridgehead atoms. The van der Waals surface area contributed by atoms with Crippen LogP contribution in [0, 0.1) is 0 Å². The molecule has 2 nitrogen and oxygen atoms in total. The summed E-state index contributed by atoms with van der Waals surface area (Å²) in [6.45, 7) is 5.86. The van der Waals surface area contributed by atoms with Gasteiger partial charge >= 0.3 is 0 Å². The van der Waals surface area contributed by atoms with Crippen LogP contribution in [0.25, 0.3) is 10.8 Å². The van der Waals surface area contributed by atoms with Crippen molar-refractivity contribution in [2.45, 2.75) is 13.0 Å². The molecule has 0 saturated carbocycles. The van der Waals surface area contributed by atoms with E-state index >= 15 is 0 Å². The molecule has 2 rings (SSSR count). The van der Waals surface area contributed by atoms with Crippen molar-refractivity contribution in [3.05, 3.63) is 53.6 Å². The molecule has 1 atom stereocenters. The van der Waals surface area contributed by atoms with Gasteiger partial charge in [-0.2, -0.15) is 0 Å². The lowest BCUT2D eigenvalue weighted by molar-refractivity contribution is 0.358. The fourth-order valence-corrected chi connectivity index (χ4v) is 1.98. The molecule has 0 aliphatic carbocycles. The lowest BCUT2D eigenvalue weighted by atomic mass is 10.0. The van der Waals surface area contributed by atoms with Crippen molar-refractivity contribution >= 4 is 22.4 Å². The van der Waals surface area contributed by atoms with Crippen LogP contribution in [0.5, 0.6) is 5.75 Å². The molecule has 94 valence electrons. The first-order chi connectivity index (χ1) is 8.59. The quantitative estimate of drug-likeness (QED) is 0.903. The minimum Gasteiger partial charge on any atom is -0.487 e. The van der Waals surface area contributed by atoms with Crippen LogP contribution in [0.15, 0.2) is 48.0 Å². The number of fused-ring (bicyclic) bond motifs is 1. The lowest BCUT2D eigenvalue weighted by Gasteiger charge is -2.16. The van der Waals surface area contributed by atoms with Crippen molar-refractivity contribution in [1.82, 2.24) is 0 Å². The predicted molar refractivity (Wildman–Crippen MR) is 77.0 cm³/mol. The molecule has 0 heterocycles. The van der Waals surface area contributed by atoms with Crippen molar-refractivity contribution in [3.63, 3.8) is 0 Å². The van der Waals surface area contributed by atoms with Gasteiger partial charge < -0.3 is 10.5 Å². The van der Waals surface area contributed by atoms with E-state index in [4.69, 9.17) is 22.1 Å². The van der Waals surface area contributed by atoms with Crippen LogP contribution in [0.3, 0.4) is 0 Å². The van der Waals surface area contributed by atoms with Gasteiger partial charge in [0.2, 0.25) is 0 Å². The summed E-state index contributed by atoms with van der Waals surface area (Å²) >= 11 is 5.76. The predicted octanol–water partition coefficient (Wildman–Crippen LogP) is 3.99.